The number of hydrogen-bond acceptors (Lipinski definition) is 3. The smallest absolute Gasteiger partial charge is 0.0761 e. The molecule has 3 nitrogen and oxygen atoms in total. The van der Waals surface area contributed by atoms with Crippen molar-refractivity contribution in [1.29, 1.82) is 0 Å². The summed E-state index contributed by atoms with van der Waals surface area (Å²) < 4.78 is 0. The molecule has 2 saturated heterocycles. The fraction of sp³-hybridized carbons (Fsp3) is 0.471. The Morgan fingerprint density at radius 1 is 1.29 bits per heavy atom. The Morgan fingerprint density at radius 3 is 3.10 bits per heavy atom. The molecule has 2 aliphatic rings. The molecule has 3 heterocycles. The van der Waals surface area contributed by atoms with Gasteiger partial charge in [0, 0.05) is 36.2 Å². The molecule has 0 bridgehead atoms. The lowest BCUT2D eigenvalue weighted by Crippen LogP contribution is -2.29. The summed E-state index contributed by atoms with van der Waals surface area (Å²) in [6.45, 7) is 5.74. The molecule has 2 fully saturated rings. The molecule has 1 unspecified atom stereocenters. The number of nitrogens with one attached hydrogen (secondary N) is 1. The molecular formula is C17H20ClN3. The first-order valence-corrected chi connectivity index (χ1v) is 8.09. The molecule has 1 N–H and O–H groups in total. The van der Waals surface area contributed by atoms with Gasteiger partial charge in [0.2, 0.25) is 0 Å². The van der Waals surface area contributed by atoms with Crippen molar-refractivity contribution in [2.24, 2.45) is 5.41 Å². The average molecular weight is 302 g/mol. The largest absolute Gasteiger partial charge is 0.316 e. The second-order valence-electron chi connectivity index (χ2n) is 6.49. The van der Waals surface area contributed by atoms with Crippen LogP contribution in [0.3, 0.4) is 0 Å². The van der Waals surface area contributed by atoms with Gasteiger partial charge in [0.15, 0.2) is 0 Å². The van der Waals surface area contributed by atoms with Crippen molar-refractivity contribution in [3.63, 3.8) is 0 Å². The molecule has 1 atom stereocenters. The highest BCUT2D eigenvalue weighted by Crippen LogP contribution is 2.37. The van der Waals surface area contributed by atoms with Crippen LogP contribution < -0.4 is 5.32 Å². The van der Waals surface area contributed by atoms with Crippen LogP contribution in [-0.4, -0.2) is 36.1 Å². The van der Waals surface area contributed by atoms with Gasteiger partial charge in [-0.1, -0.05) is 17.7 Å². The molecular weight excluding hydrogens is 282 g/mol. The molecule has 2 aromatic rings. The predicted octanol–water partition coefficient (Wildman–Crippen LogP) is 3.07. The monoisotopic (exact) mass is 301 g/mol. The first-order valence-electron chi connectivity index (χ1n) is 7.71. The molecule has 2 aliphatic heterocycles. The van der Waals surface area contributed by atoms with E-state index in [1.54, 1.807) is 0 Å². The third-order valence-electron chi connectivity index (χ3n) is 5.04. The van der Waals surface area contributed by atoms with Crippen molar-refractivity contribution in [1.82, 2.24) is 15.2 Å². The van der Waals surface area contributed by atoms with Gasteiger partial charge in [0.25, 0.3) is 0 Å². The van der Waals surface area contributed by atoms with E-state index < -0.39 is 0 Å². The van der Waals surface area contributed by atoms with Crippen molar-refractivity contribution >= 4 is 22.5 Å². The van der Waals surface area contributed by atoms with Crippen molar-refractivity contribution < 1.29 is 0 Å². The molecule has 0 saturated carbocycles. The maximum absolute atomic E-state index is 6.28. The van der Waals surface area contributed by atoms with Gasteiger partial charge in [0.05, 0.1) is 5.52 Å². The van der Waals surface area contributed by atoms with Gasteiger partial charge in [0.1, 0.15) is 0 Å². The molecule has 4 rings (SSSR count). The summed E-state index contributed by atoms with van der Waals surface area (Å²) in [6.07, 6.45) is 4.50. The van der Waals surface area contributed by atoms with Crippen LogP contribution in [-0.2, 0) is 6.54 Å². The van der Waals surface area contributed by atoms with E-state index in [4.69, 9.17) is 11.6 Å². The Balaban J connectivity index is 1.59. The molecule has 0 aliphatic carbocycles. The van der Waals surface area contributed by atoms with E-state index in [2.05, 4.69) is 27.3 Å². The van der Waals surface area contributed by atoms with E-state index in [1.165, 1.54) is 44.6 Å². The lowest BCUT2D eigenvalue weighted by molar-refractivity contribution is 0.269. The number of likely N-dealkylation sites (tertiary alicyclic amines) is 1. The standard InChI is InChI=1S/C17H20ClN3/c18-15-4-3-13(16-14(15)2-1-7-20-16)10-21-9-6-17(12-21)5-8-19-11-17/h1-4,7,19H,5-6,8-12H2. The molecule has 0 amide bonds. The van der Waals surface area contributed by atoms with Crippen LogP contribution in [0.2, 0.25) is 5.02 Å². The average Bonchev–Trinajstić information content (AvgIpc) is 3.13. The summed E-state index contributed by atoms with van der Waals surface area (Å²) in [5.74, 6) is 0. The zero-order chi connectivity index (χ0) is 14.3. The Labute approximate surface area is 130 Å². The first kappa shape index (κ1) is 13.5. The van der Waals surface area contributed by atoms with Gasteiger partial charge >= 0.3 is 0 Å². The summed E-state index contributed by atoms with van der Waals surface area (Å²) in [7, 11) is 0. The third kappa shape index (κ3) is 2.44. The third-order valence-corrected chi connectivity index (χ3v) is 5.37. The number of benzene rings is 1. The zero-order valence-electron chi connectivity index (χ0n) is 12.1. The second-order valence-corrected chi connectivity index (χ2v) is 6.90. The van der Waals surface area contributed by atoms with Crippen LogP contribution in [0.15, 0.2) is 30.5 Å². The summed E-state index contributed by atoms with van der Waals surface area (Å²) >= 11 is 6.28. The zero-order valence-corrected chi connectivity index (χ0v) is 12.9. The van der Waals surface area contributed by atoms with Gasteiger partial charge in [-0.2, -0.15) is 0 Å². The fourth-order valence-electron chi connectivity index (χ4n) is 3.87. The maximum Gasteiger partial charge on any atom is 0.0761 e. The maximum atomic E-state index is 6.28. The van der Waals surface area contributed by atoms with Crippen molar-refractivity contribution in [2.45, 2.75) is 19.4 Å². The first-order chi connectivity index (χ1) is 10.3. The molecule has 110 valence electrons. The van der Waals surface area contributed by atoms with Crippen LogP contribution in [0.1, 0.15) is 18.4 Å². The van der Waals surface area contributed by atoms with Gasteiger partial charge < -0.3 is 5.32 Å². The van der Waals surface area contributed by atoms with Gasteiger partial charge in [-0.3, -0.25) is 9.88 Å². The normalized spacial score (nSPS) is 26.1. The highest BCUT2D eigenvalue weighted by atomic mass is 35.5. The van der Waals surface area contributed by atoms with E-state index in [0.29, 0.717) is 5.41 Å². The quantitative estimate of drug-likeness (QED) is 0.924. The van der Waals surface area contributed by atoms with Crippen molar-refractivity contribution in [3.05, 3.63) is 41.0 Å². The minimum absolute atomic E-state index is 0.523. The second kappa shape index (κ2) is 5.24. The Bertz CT molecular complexity index is 664. The highest BCUT2D eigenvalue weighted by molar-refractivity contribution is 6.35. The predicted molar refractivity (Wildman–Crippen MR) is 86.6 cm³/mol. The number of rotatable bonds is 2. The van der Waals surface area contributed by atoms with Crippen LogP contribution in [0.4, 0.5) is 0 Å². The Hall–Kier alpha value is -1.16. The molecule has 0 radical (unpaired) electrons. The number of nitrogens with zero attached hydrogens (tertiary/aromatic N) is 2. The minimum Gasteiger partial charge on any atom is -0.316 e. The Kier molecular flexibility index (Phi) is 3.37. The molecule has 1 aromatic heterocycles. The van der Waals surface area contributed by atoms with E-state index >= 15 is 0 Å². The molecule has 1 spiro atoms. The lowest BCUT2D eigenvalue weighted by Gasteiger charge is -2.23. The SMILES string of the molecule is Clc1ccc(CN2CCC3(CCNC3)C2)c2ncccc12. The topological polar surface area (TPSA) is 28.2 Å². The lowest BCUT2D eigenvalue weighted by atomic mass is 9.86. The Morgan fingerprint density at radius 2 is 2.24 bits per heavy atom. The summed E-state index contributed by atoms with van der Waals surface area (Å²) in [4.78, 5) is 7.12. The van der Waals surface area contributed by atoms with Crippen LogP contribution >= 0.6 is 11.6 Å². The summed E-state index contributed by atoms with van der Waals surface area (Å²) in [5.41, 5.74) is 2.86. The summed E-state index contributed by atoms with van der Waals surface area (Å²) in [6, 6.07) is 8.15. The van der Waals surface area contributed by atoms with Crippen LogP contribution in [0, 0.1) is 5.41 Å². The van der Waals surface area contributed by atoms with E-state index in [-0.39, 0.29) is 0 Å². The van der Waals surface area contributed by atoms with E-state index in [1.807, 2.05) is 18.3 Å². The number of hydrogen-bond donors (Lipinski definition) is 1. The number of halogens is 1. The minimum atomic E-state index is 0.523. The van der Waals surface area contributed by atoms with E-state index in [9.17, 15) is 0 Å². The molecule has 21 heavy (non-hydrogen) atoms. The van der Waals surface area contributed by atoms with Crippen LogP contribution in [0.25, 0.3) is 10.9 Å². The van der Waals surface area contributed by atoms with Crippen molar-refractivity contribution in [2.75, 3.05) is 26.2 Å². The highest BCUT2D eigenvalue weighted by Gasteiger charge is 2.40. The number of aromatic nitrogens is 1. The summed E-state index contributed by atoms with van der Waals surface area (Å²) in [5, 5.41) is 5.37. The number of pyridine rings is 1. The van der Waals surface area contributed by atoms with Crippen molar-refractivity contribution in [3.8, 4) is 0 Å². The van der Waals surface area contributed by atoms with E-state index in [0.717, 1.165) is 22.5 Å². The van der Waals surface area contributed by atoms with Gasteiger partial charge in [-0.05, 0) is 55.1 Å². The van der Waals surface area contributed by atoms with Gasteiger partial charge in [-0.15, -0.1) is 0 Å². The molecule has 1 aromatic carbocycles. The fourth-order valence-corrected chi connectivity index (χ4v) is 4.09. The van der Waals surface area contributed by atoms with Gasteiger partial charge in [-0.25, -0.2) is 0 Å². The number of fused-ring (bicyclic) bond motifs is 1. The van der Waals surface area contributed by atoms with Crippen LogP contribution in [0.5, 0.6) is 0 Å². The molecule has 4 heteroatoms.